The van der Waals surface area contributed by atoms with Crippen LogP contribution in [-0.2, 0) is 4.74 Å². The predicted octanol–water partition coefficient (Wildman–Crippen LogP) is 3.67. The first-order valence-corrected chi connectivity index (χ1v) is 7.48. The van der Waals surface area contributed by atoms with Crippen LogP contribution in [0.5, 0.6) is 0 Å². The van der Waals surface area contributed by atoms with Crippen LogP contribution in [0, 0.1) is 0 Å². The monoisotopic (exact) mass is 276 g/mol. The van der Waals surface area contributed by atoms with Gasteiger partial charge in [0.05, 0.1) is 12.3 Å². The second kappa shape index (κ2) is 7.26. The minimum absolute atomic E-state index is 0.736. The van der Waals surface area contributed by atoms with Crippen molar-refractivity contribution in [3.63, 3.8) is 0 Å². The summed E-state index contributed by atoms with van der Waals surface area (Å²) in [6.07, 6.45) is 1.12. The van der Waals surface area contributed by atoms with Gasteiger partial charge in [0.1, 0.15) is 0 Å². The van der Waals surface area contributed by atoms with Crippen LogP contribution in [0.15, 0.2) is 35.7 Å². The fourth-order valence-corrected chi connectivity index (χ4v) is 2.81. The number of nitrogens with zero attached hydrogens (tertiary/aromatic N) is 2. The standard InChI is InChI=1S/C15H20N2OS/c1-3-9-17(10-11-18-2)15-16-14(12-19-15)13-7-5-4-6-8-13/h4-8,12H,3,9-11H2,1-2H3. The molecular weight excluding hydrogens is 256 g/mol. The van der Waals surface area contributed by atoms with Crippen LogP contribution in [0.3, 0.4) is 0 Å². The smallest absolute Gasteiger partial charge is 0.185 e. The maximum atomic E-state index is 5.17. The van der Waals surface area contributed by atoms with E-state index in [1.54, 1.807) is 18.4 Å². The van der Waals surface area contributed by atoms with Crippen LogP contribution in [0.25, 0.3) is 11.3 Å². The molecule has 0 bridgehead atoms. The SMILES string of the molecule is CCCN(CCOC)c1nc(-c2ccccc2)cs1. The molecule has 0 amide bonds. The number of hydrogen-bond donors (Lipinski definition) is 0. The molecule has 0 atom stereocenters. The second-order valence-electron chi connectivity index (χ2n) is 4.36. The highest BCUT2D eigenvalue weighted by Gasteiger charge is 2.11. The van der Waals surface area contributed by atoms with E-state index in [2.05, 4.69) is 29.3 Å². The molecule has 4 heteroatoms. The highest BCUT2D eigenvalue weighted by atomic mass is 32.1. The molecule has 19 heavy (non-hydrogen) atoms. The van der Waals surface area contributed by atoms with Gasteiger partial charge in [0, 0.05) is 31.1 Å². The number of thiazole rings is 1. The molecular formula is C15H20N2OS. The third-order valence-electron chi connectivity index (χ3n) is 2.89. The average molecular weight is 276 g/mol. The van der Waals surface area contributed by atoms with Crippen molar-refractivity contribution in [2.45, 2.75) is 13.3 Å². The number of aromatic nitrogens is 1. The third-order valence-corrected chi connectivity index (χ3v) is 3.79. The molecule has 0 aliphatic carbocycles. The number of methoxy groups -OCH3 is 1. The van der Waals surface area contributed by atoms with Crippen molar-refractivity contribution in [2.24, 2.45) is 0 Å². The van der Waals surface area contributed by atoms with E-state index in [1.807, 2.05) is 18.2 Å². The van der Waals surface area contributed by atoms with Gasteiger partial charge >= 0.3 is 0 Å². The molecule has 2 aromatic rings. The van der Waals surface area contributed by atoms with Gasteiger partial charge in [-0.15, -0.1) is 11.3 Å². The Kier molecular flexibility index (Phi) is 5.36. The maximum Gasteiger partial charge on any atom is 0.185 e. The average Bonchev–Trinajstić information content (AvgIpc) is 2.94. The summed E-state index contributed by atoms with van der Waals surface area (Å²) in [5.74, 6) is 0. The Labute approximate surface area is 118 Å². The Morgan fingerprint density at radius 1 is 1.21 bits per heavy atom. The lowest BCUT2D eigenvalue weighted by molar-refractivity contribution is 0.205. The van der Waals surface area contributed by atoms with E-state index in [9.17, 15) is 0 Å². The molecule has 0 saturated carbocycles. The summed E-state index contributed by atoms with van der Waals surface area (Å²) in [7, 11) is 1.74. The lowest BCUT2D eigenvalue weighted by Crippen LogP contribution is -2.27. The Bertz CT molecular complexity index is 484. The molecule has 0 aliphatic rings. The van der Waals surface area contributed by atoms with Crippen LogP contribution >= 0.6 is 11.3 Å². The number of rotatable bonds is 7. The van der Waals surface area contributed by atoms with E-state index in [0.29, 0.717) is 0 Å². The quantitative estimate of drug-likeness (QED) is 0.771. The van der Waals surface area contributed by atoms with Gasteiger partial charge in [-0.3, -0.25) is 0 Å². The van der Waals surface area contributed by atoms with Crippen LogP contribution in [0.4, 0.5) is 5.13 Å². The molecule has 0 radical (unpaired) electrons. The van der Waals surface area contributed by atoms with Gasteiger partial charge in [-0.05, 0) is 6.42 Å². The Morgan fingerprint density at radius 3 is 2.68 bits per heavy atom. The summed E-state index contributed by atoms with van der Waals surface area (Å²) in [6.45, 7) is 4.84. The van der Waals surface area contributed by atoms with Crippen molar-refractivity contribution < 1.29 is 4.74 Å². The van der Waals surface area contributed by atoms with Gasteiger partial charge in [0.15, 0.2) is 5.13 Å². The van der Waals surface area contributed by atoms with Crippen LogP contribution < -0.4 is 4.90 Å². The number of ether oxygens (including phenoxy) is 1. The lowest BCUT2D eigenvalue weighted by atomic mass is 10.2. The molecule has 0 unspecified atom stereocenters. The summed E-state index contributed by atoms with van der Waals surface area (Å²) in [6, 6.07) is 10.3. The molecule has 0 fully saturated rings. The van der Waals surface area contributed by atoms with Crippen molar-refractivity contribution >= 4 is 16.5 Å². The van der Waals surface area contributed by atoms with Crippen molar-refractivity contribution in [3.8, 4) is 11.3 Å². The zero-order valence-electron chi connectivity index (χ0n) is 11.5. The van der Waals surface area contributed by atoms with Gasteiger partial charge in [0.25, 0.3) is 0 Å². The fraction of sp³-hybridized carbons (Fsp3) is 0.400. The van der Waals surface area contributed by atoms with Crippen molar-refractivity contribution in [1.29, 1.82) is 0 Å². The van der Waals surface area contributed by atoms with E-state index in [1.165, 1.54) is 5.56 Å². The Hall–Kier alpha value is -1.39. The van der Waals surface area contributed by atoms with Crippen LogP contribution in [-0.4, -0.2) is 31.8 Å². The summed E-state index contributed by atoms with van der Waals surface area (Å²) < 4.78 is 5.17. The normalized spacial score (nSPS) is 10.6. The van der Waals surface area contributed by atoms with Crippen LogP contribution in [0.2, 0.25) is 0 Å². The Morgan fingerprint density at radius 2 is 2.00 bits per heavy atom. The maximum absolute atomic E-state index is 5.17. The van der Waals surface area contributed by atoms with Gasteiger partial charge in [-0.2, -0.15) is 0 Å². The molecule has 3 nitrogen and oxygen atoms in total. The molecule has 2 rings (SSSR count). The van der Waals surface area contributed by atoms with E-state index in [4.69, 9.17) is 9.72 Å². The van der Waals surface area contributed by atoms with Gasteiger partial charge in [0.2, 0.25) is 0 Å². The molecule has 1 aromatic heterocycles. The van der Waals surface area contributed by atoms with Gasteiger partial charge < -0.3 is 9.64 Å². The third kappa shape index (κ3) is 3.78. The van der Waals surface area contributed by atoms with Gasteiger partial charge in [-0.25, -0.2) is 4.98 Å². The highest BCUT2D eigenvalue weighted by molar-refractivity contribution is 7.14. The first-order valence-electron chi connectivity index (χ1n) is 6.60. The first kappa shape index (κ1) is 14.0. The molecule has 0 N–H and O–H groups in total. The van der Waals surface area contributed by atoms with Crippen LogP contribution in [0.1, 0.15) is 13.3 Å². The summed E-state index contributed by atoms with van der Waals surface area (Å²) in [4.78, 5) is 7.03. The minimum atomic E-state index is 0.736. The van der Waals surface area contributed by atoms with Crippen molar-refractivity contribution in [1.82, 2.24) is 4.98 Å². The van der Waals surface area contributed by atoms with E-state index >= 15 is 0 Å². The highest BCUT2D eigenvalue weighted by Crippen LogP contribution is 2.27. The zero-order chi connectivity index (χ0) is 13.5. The van der Waals surface area contributed by atoms with E-state index < -0.39 is 0 Å². The van der Waals surface area contributed by atoms with Crippen molar-refractivity contribution in [3.05, 3.63) is 35.7 Å². The molecule has 0 aliphatic heterocycles. The minimum Gasteiger partial charge on any atom is -0.383 e. The topological polar surface area (TPSA) is 25.4 Å². The number of benzene rings is 1. The zero-order valence-corrected chi connectivity index (χ0v) is 12.3. The Balaban J connectivity index is 2.14. The predicted molar refractivity (Wildman–Crippen MR) is 81.9 cm³/mol. The van der Waals surface area contributed by atoms with Gasteiger partial charge in [-0.1, -0.05) is 37.3 Å². The number of hydrogen-bond acceptors (Lipinski definition) is 4. The largest absolute Gasteiger partial charge is 0.383 e. The summed E-state index contributed by atoms with van der Waals surface area (Å²) >= 11 is 1.70. The first-order chi connectivity index (χ1) is 9.35. The van der Waals surface area contributed by atoms with E-state index in [-0.39, 0.29) is 0 Å². The fourth-order valence-electron chi connectivity index (χ4n) is 1.93. The molecule has 1 heterocycles. The lowest BCUT2D eigenvalue weighted by Gasteiger charge is -2.20. The summed E-state index contributed by atoms with van der Waals surface area (Å²) in [5.41, 5.74) is 2.23. The summed E-state index contributed by atoms with van der Waals surface area (Å²) in [5, 5.41) is 3.21. The number of anilines is 1. The molecule has 0 saturated heterocycles. The van der Waals surface area contributed by atoms with Crippen molar-refractivity contribution in [2.75, 3.05) is 31.7 Å². The second-order valence-corrected chi connectivity index (χ2v) is 5.20. The molecule has 0 spiro atoms. The molecule has 1 aromatic carbocycles. The van der Waals surface area contributed by atoms with E-state index in [0.717, 1.165) is 36.9 Å². The molecule has 102 valence electrons.